The van der Waals surface area contributed by atoms with Gasteiger partial charge in [0.15, 0.2) is 0 Å². The second kappa shape index (κ2) is 6.11. The zero-order chi connectivity index (χ0) is 13.0. The maximum Gasteiger partial charge on any atom is 0.146 e. The quantitative estimate of drug-likeness (QED) is 0.815. The highest BCUT2D eigenvalue weighted by Crippen LogP contribution is 2.23. The number of anilines is 1. The minimum absolute atomic E-state index is 0.596. The lowest BCUT2D eigenvalue weighted by Gasteiger charge is -2.15. The van der Waals surface area contributed by atoms with Crippen LogP contribution in [0.25, 0.3) is 10.2 Å². The first kappa shape index (κ1) is 13.2. The molecule has 2 N–H and O–H groups in total. The van der Waals surface area contributed by atoms with Crippen LogP contribution in [0.2, 0.25) is 0 Å². The summed E-state index contributed by atoms with van der Waals surface area (Å²) in [5.41, 5.74) is 5.94. The molecule has 0 atom stereocenters. The van der Waals surface area contributed by atoms with Crippen molar-refractivity contribution in [3.05, 3.63) is 17.3 Å². The molecule has 0 spiro atoms. The number of nitrogens with two attached hydrogens (primary N) is 1. The summed E-state index contributed by atoms with van der Waals surface area (Å²) in [6.07, 6.45) is 3.75. The molecule has 5 heteroatoms. The monoisotopic (exact) mass is 264 g/mol. The number of hydrogen-bond donors (Lipinski definition) is 1. The Kier molecular flexibility index (Phi) is 4.49. The highest BCUT2D eigenvalue weighted by Gasteiger charge is 2.08. The van der Waals surface area contributed by atoms with Crippen LogP contribution in [0.4, 0.5) is 5.82 Å². The first-order valence-corrected chi connectivity index (χ1v) is 7.26. The van der Waals surface area contributed by atoms with E-state index in [0.29, 0.717) is 5.82 Å². The second-order valence-electron chi connectivity index (χ2n) is 4.61. The van der Waals surface area contributed by atoms with Crippen molar-refractivity contribution in [1.82, 2.24) is 14.9 Å². The number of rotatable bonds is 6. The number of fused-ring (bicyclic) bond motifs is 1. The van der Waals surface area contributed by atoms with Gasteiger partial charge in [0, 0.05) is 0 Å². The van der Waals surface area contributed by atoms with Gasteiger partial charge in [-0.3, -0.25) is 4.90 Å². The van der Waals surface area contributed by atoms with E-state index in [2.05, 4.69) is 28.8 Å². The molecule has 2 heterocycles. The van der Waals surface area contributed by atoms with Crippen molar-refractivity contribution in [2.45, 2.75) is 32.7 Å². The Labute approximate surface area is 112 Å². The predicted octanol–water partition coefficient (Wildman–Crippen LogP) is 2.90. The van der Waals surface area contributed by atoms with Gasteiger partial charge in [-0.05, 0) is 31.5 Å². The van der Waals surface area contributed by atoms with E-state index in [1.54, 1.807) is 11.3 Å². The standard InChI is InChI=1S/C13H20N4S/c1-3-4-5-7-17(2)9-11-15-12(14)10-6-8-18-13(10)16-11/h6,8H,3-5,7,9H2,1-2H3,(H2,14,15,16). The average molecular weight is 264 g/mol. The van der Waals surface area contributed by atoms with Crippen molar-refractivity contribution in [2.24, 2.45) is 0 Å². The number of aromatic nitrogens is 2. The molecular formula is C13H20N4S. The lowest BCUT2D eigenvalue weighted by molar-refractivity contribution is 0.311. The topological polar surface area (TPSA) is 55.0 Å². The Bertz CT molecular complexity index is 509. The molecule has 2 rings (SSSR count). The Morgan fingerprint density at radius 1 is 1.33 bits per heavy atom. The number of thiophene rings is 1. The van der Waals surface area contributed by atoms with E-state index in [1.165, 1.54) is 19.3 Å². The van der Waals surface area contributed by atoms with E-state index in [0.717, 1.165) is 29.1 Å². The van der Waals surface area contributed by atoms with Crippen LogP contribution in [0, 0.1) is 0 Å². The van der Waals surface area contributed by atoms with Crippen LogP contribution < -0.4 is 5.73 Å². The molecule has 4 nitrogen and oxygen atoms in total. The third-order valence-corrected chi connectivity index (χ3v) is 3.76. The van der Waals surface area contributed by atoms with Gasteiger partial charge < -0.3 is 5.73 Å². The molecule has 0 saturated carbocycles. The van der Waals surface area contributed by atoms with E-state index in [9.17, 15) is 0 Å². The number of nitrogen functional groups attached to an aromatic ring is 1. The number of nitrogens with zero attached hydrogens (tertiary/aromatic N) is 3. The lowest BCUT2D eigenvalue weighted by Crippen LogP contribution is -2.20. The zero-order valence-corrected chi connectivity index (χ0v) is 11.8. The molecule has 2 aromatic heterocycles. The molecule has 0 aliphatic rings. The summed E-state index contributed by atoms with van der Waals surface area (Å²) in [5.74, 6) is 1.42. The minimum atomic E-state index is 0.596. The first-order valence-electron chi connectivity index (χ1n) is 6.39. The van der Waals surface area contributed by atoms with Crippen molar-refractivity contribution in [3.8, 4) is 0 Å². The molecule has 0 unspecified atom stereocenters. The fourth-order valence-electron chi connectivity index (χ4n) is 1.95. The van der Waals surface area contributed by atoms with E-state index >= 15 is 0 Å². The molecule has 0 radical (unpaired) electrons. The van der Waals surface area contributed by atoms with Gasteiger partial charge in [-0.25, -0.2) is 9.97 Å². The largest absolute Gasteiger partial charge is 0.383 e. The molecule has 0 amide bonds. The fraction of sp³-hybridized carbons (Fsp3) is 0.538. The van der Waals surface area contributed by atoms with Gasteiger partial charge in [0.1, 0.15) is 16.5 Å². The van der Waals surface area contributed by atoms with Crippen LogP contribution in [-0.4, -0.2) is 28.5 Å². The third-order valence-electron chi connectivity index (χ3n) is 2.96. The molecule has 98 valence electrons. The van der Waals surface area contributed by atoms with Gasteiger partial charge in [-0.1, -0.05) is 19.8 Å². The summed E-state index contributed by atoms with van der Waals surface area (Å²) in [5, 5.41) is 2.97. The van der Waals surface area contributed by atoms with Gasteiger partial charge in [0.05, 0.1) is 11.9 Å². The SMILES string of the molecule is CCCCCN(C)Cc1nc(N)c2ccsc2n1. The van der Waals surface area contributed by atoms with E-state index in [1.807, 2.05) is 11.4 Å². The van der Waals surface area contributed by atoms with Crippen molar-refractivity contribution in [3.63, 3.8) is 0 Å². The first-order chi connectivity index (χ1) is 8.70. The summed E-state index contributed by atoms with van der Waals surface area (Å²) in [6.45, 7) is 4.07. The van der Waals surface area contributed by atoms with Crippen molar-refractivity contribution < 1.29 is 0 Å². The summed E-state index contributed by atoms with van der Waals surface area (Å²) in [6, 6.07) is 1.98. The maximum atomic E-state index is 5.94. The van der Waals surface area contributed by atoms with Crippen LogP contribution >= 0.6 is 11.3 Å². The molecule has 0 aliphatic carbocycles. The van der Waals surface area contributed by atoms with Crippen LogP contribution in [0.3, 0.4) is 0 Å². The van der Waals surface area contributed by atoms with Crippen LogP contribution in [0.5, 0.6) is 0 Å². The highest BCUT2D eigenvalue weighted by atomic mass is 32.1. The molecular weight excluding hydrogens is 244 g/mol. The van der Waals surface area contributed by atoms with Crippen molar-refractivity contribution in [2.75, 3.05) is 19.3 Å². The predicted molar refractivity (Wildman–Crippen MR) is 77.7 cm³/mol. The minimum Gasteiger partial charge on any atom is -0.383 e. The molecule has 0 bridgehead atoms. The van der Waals surface area contributed by atoms with Gasteiger partial charge >= 0.3 is 0 Å². The molecule has 0 fully saturated rings. The molecule has 0 saturated heterocycles. The zero-order valence-electron chi connectivity index (χ0n) is 11.0. The Balaban J connectivity index is 2.02. The molecule has 2 aromatic rings. The highest BCUT2D eigenvalue weighted by molar-refractivity contribution is 7.16. The normalized spacial score (nSPS) is 11.5. The number of unbranched alkanes of at least 4 members (excludes halogenated alkanes) is 2. The maximum absolute atomic E-state index is 5.94. The average Bonchev–Trinajstić information content (AvgIpc) is 2.78. The van der Waals surface area contributed by atoms with Gasteiger partial charge in [-0.15, -0.1) is 11.3 Å². The van der Waals surface area contributed by atoms with Crippen LogP contribution in [0.1, 0.15) is 32.0 Å². The van der Waals surface area contributed by atoms with E-state index in [-0.39, 0.29) is 0 Å². The summed E-state index contributed by atoms with van der Waals surface area (Å²) < 4.78 is 0. The molecule has 0 aliphatic heterocycles. The molecule has 18 heavy (non-hydrogen) atoms. The fourth-order valence-corrected chi connectivity index (χ4v) is 2.74. The van der Waals surface area contributed by atoms with E-state index in [4.69, 9.17) is 5.73 Å². The molecule has 0 aromatic carbocycles. The summed E-state index contributed by atoms with van der Waals surface area (Å²) in [7, 11) is 2.10. The second-order valence-corrected chi connectivity index (χ2v) is 5.50. The van der Waals surface area contributed by atoms with Crippen molar-refractivity contribution >= 4 is 27.4 Å². The van der Waals surface area contributed by atoms with E-state index < -0.39 is 0 Å². The Hall–Kier alpha value is -1.20. The Morgan fingerprint density at radius 2 is 2.17 bits per heavy atom. The van der Waals surface area contributed by atoms with Crippen LogP contribution in [-0.2, 0) is 6.54 Å². The summed E-state index contributed by atoms with van der Waals surface area (Å²) >= 11 is 1.61. The third kappa shape index (κ3) is 3.17. The number of hydrogen-bond acceptors (Lipinski definition) is 5. The van der Waals surface area contributed by atoms with Crippen LogP contribution in [0.15, 0.2) is 11.4 Å². The lowest BCUT2D eigenvalue weighted by atomic mass is 10.2. The van der Waals surface area contributed by atoms with Gasteiger partial charge in [0.2, 0.25) is 0 Å². The van der Waals surface area contributed by atoms with Gasteiger partial charge in [0.25, 0.3) is 0 Å². The Morgan fingerprint density at radius 3 is 2.94 bits per heavy atom. The van der Waals surface area contributed by atoms with Crippen molar-refractivity contribution in [1.29, 1.82) is 0 Å². The van der Waals surface area contributed by atoms with Gasteiger partial charge in [-0.2, -0.15) is 0 Å². The summed E-state index contributed by atoms with van der Waals surface area (Å²) in [4.78, 5) is 12.2. The smallest absolute Gasteiger partial charge is 0.146 e.